The van der Waals surface area contributed by atoms with Crippen molar-refractivity contribution in [3.8, 4) is 11.5 Å². The summed E-state index contributed by atoms with van der Waals surface area (Å²) in [6, 6.07) is 12.0. The number of rotatable bonds is 8. The minimum absolute atomic E-state index is 0.000853. The van der Waals surface area contributed by atoms with Crippen LogP contribution in [0.4, 0.5) is 13.2 Å². The van der Waals surface area contributed by atoms with E-state index < -0.39 is 33.3 Å². The number of ketones is 1. The Balaban J connectivity index is 1.40. The van der Waals surface area contributed by atoms with Crippen LogP contribution in [0.3, 0.4) is 0 Å². The fraction of sp³-hybridized carbons (Fsp3) is 0.276. The van der Waals surface area contributed by atoms with E-state index >= 15 is 0 Å². The molecule has 0 amide bonds. The number of hydrogen-bond donors (Lipinski definition) is 0. The molecule has 1 aliphatic heterocycles. The summed E-state index contributed by atoms with van der Waals surface area (Å²) in [6.07, 6.45) is 1.20. The molecule has 11 heteroatoms. The monoisotopic (exact) mass is 572 g/mol. The highest BCUT2D eigenvalue weighted by molar-refractivity contribution is 7.88. The van der Waals surface area contributed by atoms with Crippen LogP contribution < -0.4 is 9.47 Å². The lowest BCUT2D eigenvalue weighted by atomic mass is 9.94. The van der Waals surface area contributed by atoms with Gasteiger partial charge in [0.25, 0.3) is 0 Å². The molecule has 5 rings (SSSR count). The van der Waals surface area contributed by atoms with Gasteiger partial charge in [0, 0.05) is 55.5 Å². The number of fused-ring (bicyclic) bond motifs is 1. The SMILES string of the molecule is COc1ccc(C2=C(c3cc(F)cc(F)c3)c3ccc(OCCN4CCN(S(C)(=O)=O)CC4)cc3C2=O)cc1F. The topological polar surface area (TPSA) is 76.2 Å². The molecule has 3 aromatic carbocycles. The highest BCUT2D eigenvalue weighted by Gasteiger charge is 2.33. The number of methoxy groups -OCH3 is 1. The molecule has 0 N–H and O–H groups in total. The molecule has 0 saturated carbocycles. The number of piperazine rings is 1. The third kappa shape index (κ3) is 5.63. The lowest BCUT2D eigenvalue weighted by Crippen LogP contribution is -2.49. The van der Waals surface area contributed by atoms with E-state index in [1.54, 1.807) is 18.2 Å². The average molecular weight is 573 g/mol. The molecule has 7 nitrogen and oxygen atoms in total. The van der Waals surface area contributed by atoms with Gasteiger partial charge in [-0.3, -0.25) is 9.69 Å². The quantitative estimate of drug-likeness (QED) is 0.403. The van der Waals surface area contributed by atoms with Crippen molar-refractivity contribution in [2.45, 2.75) is 0 Å². The van der Waals surface area contributed by atoms with E-state index in [1.165, 1.54) is 29.8 Å². The summed E-state index contributed by atoms with van der Waals surface area (Å²) in [5.74, 6) is -2.29. The highest BCUT2D eigenvalue weighted by Crippen LogP contribution is 2.44. The molecule has 1 saturated heterocycles. The van der Waals surface area contributed by atoms with Crippen LogP contribution in [0.25, 0.3) is 11.1 Å². The minimum atomic E-state index is -3.21. The van der Waals surface area contributed by atoms with Crippen molar-refractivity contribution in [3.05, 3.63) is 94.3 Å². The van der Waals surface area contributed by atoms with Gasteiger partial charge in [0.15, 0.2) is 17.3 Å². The normalized spacial score (nSPS) is 16.4. The second kappa shape index (κ2) is 11.1. The number of halogens is 3. The maximum atomic E-state index is 14.6. The first-order valence-corrected chi connectivity index (χ1v) is 14.4. The molecule has 0 spiro atoms. The van der Waals surface area contributed by atoms with Crippen LogP contribution in [0.15, 0.2) is 54.6 Å². The number of allylic oxidation sites excluding steroid dienone is 1. The molecule has 0 aromatic heterocycles. The fourth-order valence-electron chi connectivity index (χ4n) is 5.07. The van der Waals surface area contributed by atoms with Gasteiger partial charge in [0.2, 0.25) is 10.0 Å². The van der Waals surface area contributed by atoms with Crippen LogP contribution >= 0.6 is 0 Å². The number of hydrogen-bond acceptors (Lipinski definition) is 6. The summed E-state index contributed by atoms with van der Waals surface area (Å²) >= 11 is 0. The zero-order valence-electron chi connectivity index (χ0n) is 21.9. The molecule has 1 fully saturated rings. The average Bonchev–Trinajstić information content (AvgIpc) is 3.19. The van der Waals surface area contributed by atoms with Crippen molar-refractivity contribution in [1.82, 2.24) is 9.21 Å². The van der Waals surface area contributed by atoms with Crippen LogP contribution in [-0.4, -0.2) is 76.1 Å². The number of carbonyl (C=O) groups excluding carboxylic acids is 1. The first-order chi connectivity index (χ1) is 19.0. The molecule has 2 aliphatic rings. The Morgan fingerprint density at radius 2 is 1.52 bits per heavy atom. The molecule has 3 aromatic rings. The van der Waals surface area contributed by atoms with Crippen LogP contribution in [0.1, 0.15) is 27.0 Å². The molecule has 0 bridgehead atoms. The predicted octanol–water partition coefficient (Wildman–Crippen LogP) is 4.22. The molecule has 1 aliphatic carbocycles. The fourth-order valence-corrected chi connectivity index (χ4v) is 5.90. The van der Waals surface area contributed by atoms with Gasteiger partial charge in [-0.2, -0.15) is 4.31 Å². The van der Waals surface area contributed by atoms with E-state index in [2.05, 4.69) is 4.90 Å². The zero-order valence-corrected chi connectivity index (χ0v) is 22.7. The van der Waals surface area contributed by atoms with Crippen molar-refractivity contribution in [3.63, 3.8) is 0 Å². The highest BCUT2D eigenvalue weighted by atomic mass is 32.2. The number of benzene rings is 3. The van der Waals surface area contributed by atoms with Crippen molar-refractivity contribution >= 4 is 27.0 Å². The molecule has 210 valence electrons. The first-order valence-electron chi connectivity index (χ1n) is 12.6. The third-order valence-corrected chi connectivity index (χ3v) is 8.35. The van der Waals surface area contributed by atoms with Crippen LogP contribution in [0.5, 0.6) is 11.5 Å². The minimum Gasteiger partial charge on any atom is -0.494 e. The Kier molecular flexibility index (Phi) is 7.72. The summed E-state index contributed by atoms with van der Waals surface area (Å²) in [7, 11) is -1.89. The van der Waals surface area contributed by atoms with Crippen molar-refractivity contribution in [1.29, 1.82) is 0 Å². The van der Waals surface area contributed by atoms with Crippen LogP contribution in [0, 0.1) is 17.5 Å². The van der Waals surface area contributed by atoms with E-state index in [1.807, 2.05) is 0 Å². The third-order valence-electron chi connectivity index (χ3n) is 7.05. The maximum absolute atomic E-state index is 14.6. The van der Waals surface area contributed by atoms with Crippen LogP contribution in [0.2, 0.25) is 0 Å². The number of Topliss-reactive ketones (excluding diaryl/α,β-unsaturated/α-hetero) is 1. The van der Waals surface area contributed by atoms with Gasteiger partial charge in [-0.1, -0.05) is 6.07 Å². The lowest BCUT2D eigenvalue weighted by Gasteiger charge is -2.33. The Hall–Kier alpha value is -3.67. The van der Waals surface area contributed by atoms with Gasteiger partial charge in [-0.15, -0.1) is 0 Å². The number of ether oxygens (including phenoxy) is 2. The van der Waals surface area contributed by atoms with Gasteiger partial charge in [-0.25, -0.2) is 21.6 Å². The molecular weight excluding hydrogens is 545 g/mol. The summed E-state index contributed by atoms with van der Waals surface area (Å²) in [6.45, 7) is 2.85. The molecule has 40 heavy (non-hydrogen) atoms. The Labute approximate surface area is 230 Å². The van der Waals surface area contributed by atoms with Crippen molar-refractivity contribution < 1.29 is 35.9 Å². The van der Waals surface area contributed by atoms with E-state index in [0.717, 1.165) is 24.3 Å². The molecule has 1 heterocycles. The Morgan fingerprint density at radius 1 is 0.825 bits per heavy atom. The smallest absolute Gasteiger partial charge is 0.211 e. The van der Waals surface area contributed by atoms with Gasteiger partial charge in [-0.05, 0) is 59.2 Å². The van der Waals surface area contributed by atoms with Gasteiger partial charge < -0.3 is 9.47 Å². The van der Waals surface area contributed by atoms with E-state index in [-0.39, 0.29) is 28.0 Å². The van der Waals surface area contributed by atoms with E-state index in [4.69, 9.17) is 9.47 Å². The second-order valence-corrected chi connectivity index (χ2v) is 11.6. The predicted molar refractivity (Wildman–Crippen MR) is 144 cm³/mol. The largest absolute Gasteiger partial charge is 0.494 e. The van der Waals surface area contributed by atoms with E-state index in [9.17, 15) is 26.4 Å². The first kappa shape index (κ1) is 27.9. The summed E-state index contributed by atoms with van der Waals surface area (Å²) in [5, 5.41) is 0. The van der Waals surface area contributed by atoms with Gasteiger partial charge in [0.05, 0.1) is 13.4 Å². The van der Waals surface area contributed by atoms with Gasteiger partial charge in [0.1, 0.15) is 24.0 Å². The Bertz CT molecular complexity index is 1600. The molecule has 0 radical (unpaired) electrons. The standard InChI is InChI=1S/C29H27F3N2O5S/c1-38-26-6-3-18(15-25(26)32)28-27(19-13-20(30)16-21(31)14-19)23-5-4-22(17-24(23)29(28)35)39-12-11-33-7-9-34(10-8-33)40(2,36)37/h3-6,13-17H,7-12H2,1-2H3. The van der Waals surface area contributed by atoms with Crippen molar-refractivity contribution in [2.75, 3.05) is 52.7 Å². The second-order valence-electron chi connectivity index (χ2n) is 9.65. The summed E-state index contributed by atoms with van der Waals surface area (Å²) < 4.78 is 78.8. The summed E-state index contributed by atoms with van der Waals surface area (Å²) in [4.78, 5) is 15.8. The number of carbonyl (C=O) groups is 1. The zero-order chi connectivity index (χ0) is 28.6. The number of nitrogens with zero attached hydrogens (tertiary/aromatic N) is 2. The molecule has 0 atom stereocenters. The lowest BCUT2D eigenvalue weighted by molar-refractivity contribution is 0.105. The van der Waals surface area contributed by atoms with Crippen LogP contribution in [-0.2, 0) is 10.0 Å². The number of sulfonamides is 1. The van der Waals surface area contributed by atoms with Gasteiger partial charge >= 0.3 is 0 Å². The van der Waals surface area contributed by atoms with E-state index in [0.29, 0.717) is 56.2 Å². The molecular formula is C29H27F3N2O5S. The molecule has 0 unspecified atom stereocenters. The maximum Gasteiger partial charge on any atom is 0.211 e. The Morgan fingerprint density at radius 3 is 2.15 bits per heavy atom. The summed E-state index contributed by atoms with van der Waals surface area (Å²) in [5.41, 5.74) is 1.52. The van der Waals surface area contributed by atoms with Crippen molar-refractivity contribution in [2.24, 2.45) is 0 Å².